The fraction of sp³-hybridized carbons (Fsp3) is 1.00. The van der Waals surface area contributed by atoms with E-state index < -0.39 is 0 Å². The predicted molar refractivity (Wildman–Crippen MR) is 85.1 cm³/mol. The highest BCUT2D eigenvalue weighted by Gasteiger charge is 2.34. The van der Waals surface area contributed by atoms with E-state index in [-0.39, 0.29) is 0 Å². The van der Waals surface area contributed by atoms with Gasteiger partial charge >= 0.3 is 0 Å². The number of ether oxygens (including phenoxy) is 1. The summed E-state index contributed by atoms with van der Waals surface area (Å²) in [5.41, 5.74) is 0. The molecular formula is C17H34N2O. The Balaban J connectivity index is 1.97. The summed E-state index contributed by atoms with van der Waals surface area (Å²) in [6.45, 7) is 11.3. The molecular weight excluding hydrogens is 248 g/mol. The monoisotopic (exact) mass is 282 g/mol. The summed E-state index contributed by atoms with van der Waals surface area (Å²) in [6, 6.07) is 1.40. The summed E-state index contributed by atoms with van der Waals surface area (Å²) in [6.07, 6.45) is 8.45. The molecule has 3 nitrogen and oxygen atoms in total. The molecule has 4 atom stereocenters. The van der Waals surface area contributed by atoms with Gasteiger partial charge in [0.05, 0.1) is 6.10 Å². The Bertz CT molecular complexity index is 266. The van der Waals surface area contributed by atoms with Crippen LogP contribution in [0.15, 0.2) is 0 Å². The lowest BCUT2D eigenvalue weighted by molar-refractivity contribution is 0.0333. The summed E-state index contributed by atoms with van der Waals surface area (Å²) in [5.74, 6) is 0.924. The lowest BCUT2D eigenvalue weighted by atomic mass is 9.80. The average molecular weight is 282 g/mol. The van der Waals surface area contributed by atoms with E-state index in [1.54, 1.807) is 0 Å². The van der Waals surface area contributed by atoms with Gasteiger partial charge in [-0.15, -0.1) is 0 Å². The Kier molecular flexibility index (Phi) is 6.79. The largest absolute Gasteiger partial charge is 0.377 e. The van der Waals surface area contributed by atoms with Gasteiger partial charge in [0.15, 0.2) is 0 Å². The molecule has 2 aliphatic rings. The zero-order valence-corrected chi connectivity index (χ0v) is 13.7. The van der Waals surface area contributed by atoms with Gasteiger partial charge in [0.2, 0.25) is 0 Å². The van der Waals surface area contributed by atoms with Crippen LogP contribution in [0.3, 0.4) is 0 Å². The number of rotatable bonds is 7. The van der Waals surface area contributed by atoms with Gasteiger partial charge in [0.1, 0.15) is 0 Å². The third kappa shape index (κ3) is 4.19. The molecule has 1 aliphatic carbocycles. The molecule has 0 spiro atoms. The van der Waals surface area contributed by atoms with Crippen molar-refractivity contribution in [3.05, 3.63) is 0 Å². The van der Waals surface area contributed by atoms with Crippen LogP contribution in [0.4, 0.5) is 0 Å². The molecule has 2 fully saturated rings. The molecule has 0 aromatic carbocycles. The molecule has 4 unspecified atom stereocenters. The van der Waals surface area contributed by atoms with E-state index in [1.807, 2.05) is 0 Å². The first-order valence-electron chi connectivity index (χ1n) is 8.87. The van der Waals surface area contributed by atoms with Crippen molar-refractivity contribution >= 4 is 0 Å². The molecule has 0 aromatic rings. The van der Waals surface area contributed by atoms with Gasteiger partial charge in [-0.25, -0.2) is 0 Å². The highest BCUT2D eigenvalue weighted by Crippen LogP contribution is 2.31. The van der Waals surface area contributed by atoms with Crippen LogP contribution in [0.1, 0.15) is 59.3 Å². The van der Waals surface area contributed by atoms with Crippen LogP contribution in [0.2, 0.25) is 0 Å². The van der Waals surface area contributed by atoms with Crippen LogP contribution < -0.4 is 5.32 Å². The maximum atomic E-state index is 5.86. The summed E-state index contributed by atoms with van der Waals surface area (Å²) in [5, 5.41) is 3.74. The quantitative estimate of drug-likeness (QED) is 0.777. The van der Waals surface area contributed by atoms with Gasteiger partial charge in [-0.1, -0.05) is 27.2 Å². The molecule has 0 aromatic heterocycles. The fourth-order valence-electron chi connectivity index (χ4n) is 4.05. The minimum absolute atomic E-state index is 0.485. The molecule has 1 saturated heterocycles. The van der Waals surface area contributed by atoms with E-state index in [0.29, 0.717) is 18.2 Å². The SMILES string of the molecule is CCNC1CCC(CC)CC1N(CC)CC1CCCO1. The third-order valence-electron chi connectivity index (χ3n) is 5.31. The van der Waals surface area contributed by atoms with E-state index in [2.05, 4.69) is 31.0 Å². The van der Waals surface area contributed by atoms with Gasteiger partial charge in [-0.3, -0.25) is 4.90 Å². The highest BCUT2D eigenvalue weighted by atomic mass is 16.5. The maximum Gasteiger partial charge on any atom is 0.0702 e. The summed E-state index contributed by atoms with van der Waals surface area (Å²) in [4.78, 5) is 2.70. The average Bonchev–Trinajstić information content (AvgIpc) is 2.98. The van der Waals surface area contributed by atoms with Crippen LogP contribution in [-0.2, 0) is 4.74 Å². The summed E-state index contributed by atoms with van der Waals surface area (Å²) >= 11 is 0. The van der Waals surface area contributed by atoms with Crippen molar-refractivity contribution in [2.75, 3.05) is 26.2 Å². The Morgan fingerprint density at radius 2 is 2.00 bits per heavy atom. The Morgan fingerprint density at radius 3 is 2.60 bits per heavy atom. The van der Waals surface area contributed by atoms with Crippen LogP contribution in [0, 0.1) is 5.92 Å². The number of hydrogen-bond donors (Lipinski definition) is 1. The first-order valence-corrected chi connectivity index (χ1v) is 8.87. The number of hydrogen-bond acceptors (Lipinski definition) is 3. The van der Waals surface area contributed by atoms with Crippen molar-refractivity contribution in [3.63, 3.8) is 0 Å². The number of nitrogens with zero attached hydrogens (tertiary/aromatic N) is 1. The maximum absolute atomic E-state index is 5.86. The van der Waals surface area contributed by atoms with E-state index in [9.17, 15) is 0 Å². The van der Waals surface area contributed by atoms with E-state index in [4.69, 9.17) is 4.74 Å². The van der Waals surface area contributed by atoms with Gasteiger partial charge in [0.25, 0.3) is 0 Å². The minimum Gasteiger partial charge on any atom is -0.377 e. The van der Waals surface area contributed by atoms with Crippen molar-refractivity contribution < 1.29 is 4.74 Å². The van der Waals surface area contributed by atoms with Crippen molar-refractivity contribution in [1.29, 1.82) is 0 Å². The van der Waals surface area contributed by atoms with Crippen molar-refractivity contribution in [3.8, 4) is 0 Å². The normalized spacial score (nSPS) is 34.8. The second-order valence-corrected chi connectivity index (χ2v) is 6.54. The Morgan fingerprint density at radius 1 is 1.15 bits per heavy atom. The highest BCUT2D eigenvalue weighted by molar-refractivity contribution is 4.91. The lowest BCUT2D eigenvalue weighted by Gasteiger charge is -2.43. The Labute approximate surface area is 125 Å². The third-order valence-corrected chi connectivity index (χ3v) is 5.31. The zero-order chi connectivity index (χ0) is 14.4. The van der Waals surface area contributed by atoms with Gasteiger partial charge in [0, 0.05) is 25.2 Å². The molecule has 1 N–H and O–H groups in total. The zero-order valence-electron chi connectivity index (χ0n) is 13.7. The molecule has 0 radical (unpaired) electrons. The molecule has 118 valence electrons. The molecule has 1 saturated carbocycles. The second-order valence-electron chi connectivity index (χ2n) is 6.54. The molecule has 3 heteroatoms. The molecule has 1 heterocycles. The van der Waals surface area contributed by atoms with Gasteiger partial charge < -0.3 is 10.1 Å². The van der Waals surface area contributed by atoms with Crippen molar-refractivity contribution in [1.82, 2.24) is 10.2 Å². The van der Waals surface area contributed by atoms with Gasteiger partial charge in [-0.05, 0) is 51.1 Å². The smallest absolute Gasteiger partial charge is 0.0702 e. The lowest BCUT2D eigenvalue weighted by Crippen LogP contribution is -2.54. The molecule has 2 rings (SSSR count). The Hall–Kier alpha value is -0.120. The number of likely N-dealkylation sites (N-methyl/N-ethyl adjacent to an activating group) is 2. The number of nitrogens with one attached hydrogen (secondary N) is 1. The topological polar surface area (TPSA) is 24.5 Å². The van der Waals surface area contributed by atoms with E-state index in [0.717, 1.165) is 32.2 Å². The molecule has 1 aliphatic heterocycles. The molecule has 20 heavy (non-hydrogen) atoms. The van der Waals surface area contributed by atoms with Crippen molar-refractivity contribution in [2.45, 2.75) is 77.5 Å². The molecule has 0 bridgehead atoms. The van der Waals surface area contributed by atoms with Crippen molar-refractivity contribution in [2.24, 2.45) is 5.92 Å². The first kappa shape index (κ1) is 16.3. The fourth-order valence-corrected chi connectivity index (χ4v) is 4.05. The van der Waals surface area contributed by atoms with Crippen LogP contribution in [-0.4, -0.2) is 49.3 Å². The second kappa shape index (κ2) is 8.35. The van der Waals surface area contributed by atoms with Gasteiger partial charge in [-0.2, -0.15) is 0 Å². The summed E-state index contributed by atoms with van der Waals surface area (Å²) in [7, 11) is 0. The van der Waals surface area contributed by atoms with Crippen LogP contribution in [0.25, 0.3) is 0 Å². The van der Waals surface area contributed by atoms with Crippen LogP contribution >= 0.6 is 0 Å². The summed E-state index contributed by atoms with van der Waals surface area (Å²) < 4.78 is 5.86. The first-order chi connectivity index (χ1) is 9.78. The standard InChI is InChI=1S/C17H34N2O/c1-4-14-9-10-16(18-5-2)17(12-14)19(6-3)13-15-8-7-11-20-15/h14-18H,4-13H2,1-3H3. The minimum atomic E-state index is 0.485. The predicted octanol–water partition coefficient (Wildman–Crippen LogP) is 3.04. The van der Waals surface area contributed by atoms with E-state index >= 15 is 0 Å². The molecule has 0 amide bonds. The van der Waals surface area contributed by atoms with Crippen LogP contribution in [0.5, 0.6) is 0 Å². The van der Waals surface area contributed by atoms with E-state index in [1.165, 1.54) is 38.5 Å².